The molecular weight excluding hydrogens is 330 g/mol. The summed E-state index contributed by atoms with van der Waals surface area (Å²) in [7, 11) is 0. The molecule has 0 unspecified atom stereocenters. The van der Waals surface area contributed by atoms with Crippen LogP contribution in [0.3, 0.4) is 0 Å². The summed E-state index contributed by atoms with van der Waals surface area (Å²) in [5.41, 5.74) is 2.46. The van der Waals surface area contributed by atoms with Crippen LogP contribution in [-0.4, -0.2) is 31.8 Å². The third kappa shape index (κ3) is 4.48. The van der Waals surface area contributed by atoms with Crippen molar-refractivity contribution in [2.45, 2.75) is 32.8 Å². The highest BCUT2D eigenvalue weighted by molar-refractivity contribution is 5.77. The van der Waals surface area contributed by atoms with Crippen molar-refractivity contribution in [1.29, 1.82) is 0 Å². The van der Waals surface area contributed by atoms with Crippen molar-refractivity contribution in [3.8, 4) is 17.2 Å². The van der Waals surface area contributed by atoms with E-state index >= 15 is 0 Å². The lowest BCUT2D eigenvalue weighted by Crippen LogP contribution is -2.42. The fourth-order valence-electron chi connectivity index (χ4n) is 2.98. The molecule has 0 saturated carbocycles. The predicted molar refractivity (Wildman–Crippen MR) is 100 cm³/mol. The fraction of sp³-hybridized carbons (Fsp3) is 0.381. The Morgan fingerprint density at radius 2 is 2.00 bits per heavy atom. The number of hydrogen-bond acceptors (Lipinski definition) is 4. The molecule has 2 aromatic carbocycles. The van der Waals surface area contributed by atoms with Gasteiger partial charge in [-0.1, -0.05) is 32.0 Å². The summed E-state index contributed by atoms with van der Waals surface area (Å²) < 4.78 is 17.0. The molecule has 0 aromatic heterocycles. The second-order valence-corrected chi connectivity index (χ2v) is 6.76. The van der Waals surface area contributed by atoms with E-state index in [9.17, 15) is 4.79 Å². The third-order valence-corrected chi connectivity index (χ3v) is 4.33. The molecule has 3 rings (SSSR count). The third-order valence-electron chi connectivity index (χ3n) is 4.33. The van der Waals surface area contributed by atoms with Crippen molar-refractivity contribution < 1.29 is 19.0 Å². The number of para-hydroxylation sites is 2. The standard InChI is InChI=1S/C21H25NO4/c1-14(2)18-9-8-16(10-15(18)3)24-13-21(23)22-11-17-12-25-19-6-4-5-7-20(19)26-17/h4-10,14,17H,11-13H2,1-3H3,(H,22,23)/t17-/m0/s1. The van der Waals surface area contributed by atoms with Crippen LogP contribution in [0.2, 0.25) is 0 Å². The molecular formula is C21H25NO4. The molecule has 1 aliphatic rings. The van der Waals surface area contributed by atoms with Gasteiger partial charge in [-0.3, -0.25) is 4.79 Å². The Morgan fingerprint density at radius 3 is 2.73 bits per heavy atom. The molecule has 1 atom stereocenters. The van der Waals surface area contributed by atoms with Crippen LogP contribution in [0.15, 0.2) is 42.5 Å². The molecule has 0 radical (unpaired) electrons. The molecule has 1 heterocycles. The molecule has 0 fully saturated rings. The summed E-state index contributed by atoms with van der Waals surface area (Å²) >= 11 is 0. The Kier molecular flexibility index (Phi) is 5.66. The van der Waals surface area contributed by atoms with E-state index in [2.05, 4.69) is 32.2 Å². The van der Waals surface area contributed by atoms with Gasteiger partial charge in [-0.15, -0.1) is 0 Å². The first-order valence-electron chi connectivity index (χ1n) is 8.91. The zero-order valence-electron chi connectivity index (χ0n) is 15.5. The van der Waals surface area contributed by atoms with E-state index in [1.165, 1.54) is 11.1 Å². The second-order valence-electron chi connectivity index (χ2n) is 6.76. The molecule has 5 heteroatoms. The highest BCUT2D eigenvalue weighted by Crippen LogP contribution is 2.30. The molecule has 0 spiro atoms. The van der Waals surface area contributed by atoms with Crippen molar-refractivity contribution in [3.05, 3.63) is 53.6 Å². The van der Waals surface area contributed by atoms with E-state index in [1.807, 2.05) is 36.4 Å². The van der Waals surface area contributed by atoms with Crippen molar-refractivity contribution in [2.24, 2.45) is 0 Å². The van der Waals surface area contributed by atoms with Gasteiger partial charge in [0, 0.05) is 0 Å². The monoisotopic (exact) mass is 355 g/mol. The zero-order valence-corrected chi connectivity index (χ0v) is 15.5. The van der Waals surface area contributed by atoms with Crippen molar-refractivity contribution in [2.75, 3.05) is 19.8 Å². The SMILES string of the molecule is Cc1cc(OCC(=O)NC[C@H]2COc3ccccc3O2)ccc1C(C)C. The van der Waals surface area contributed by atoms with Crippen LogP contribution in [-0.2, 0) is 4.79 Å². The van der Waals surface area contributed by atoms with Gasteiger partial charge >= 0.3 is 0 Å². The van der Waals surface area contributed by atoms with Crippen LogP contribution in [0, 0.1) is 6.92 Å². The van der Waals surface area contributed by atoms with E-state index in [0.717, 1.165) is 5.75 Å². The summed E-state index contributed by atoms with van der Waals surface area (Å²) in [6, 6.07) is 13.4. The molecule has 1 amide bonds. The van der Waals surface area contributed by atoms with Gasteiger partial charge in [0.15, 0.2) is 18.1 Å². The molecule has 26 heavy (non-hydrogen) atoms. The molecule has 0 aliphatic carbocycles. The normalized spacial score (nSPS) is 15.6. The summed E-state index contributed by atoms with van der Waals surface area (Å²) in [5, 5.41) is 2.83. The number of carbonyl (C=O) groups excluding carboxylic acids is 1. The van der Waals surface area contributed by atoms with Crippen LogP contribution in [0.5, 0.6) is 17.2 Å². The number of fused-ring (bicyclic) bond motifs is 1. The molecule has 2 aromatic rings. The average molecular weight is 355 g/mol. The first-order chi connectivity index (χ1) is 12.5. The molecule has 5 nitrogen and oxygen atoms in total. The van der Waals surface area contributed by atoms with Crippen LogP contribution in [0.1, 0.15) is 30.9 Å². The van der Waals surface area contributed by atoms with Gasteiger partial charge in [0.25, 0.3) is 5.91 Å². The Bertz CT molecular complexity index is 772. The highest BCUT2D eigenvalue weighted by Gasteiger charge is 2.21. The highest BCUT2D eigenvalue weighted by atomic mass is 16.6. The van der Waals surface area contributed by atoms with Gasteiger partial charge in [-0.2, -0.15) is 0 Å². The summed E-state index contributed by atoms with van der Waals surface area (Å²) in [6.45, 7) is 7.14. The first kappa shape index (κ1) is 18.1. The maximum absolute atomic E-state index is 12.0. The number of ether oxygens (including phenoxy) is 3. The zero-order chi connectivity index (χ0) is 18.5. The molecule has 0 bridgehead atoms. The van der Waals surface area contributed by atoms with Gasteiger partial charge in [0.1, 0.15) is 18.5 Å². The van der Waals surface area contributed by atoms with E-state index in [4.69, 9.17) is 14.2 Å². The number of amides is 1. The summed E-state index contributed by atoms with van der Waals surface area (Å²) in [5.74, 6) is 2.43. The molecule has 138 valence electrons. The lowest BCUT2D eigenvalue weighted by Gasteiger charge is -2.26. The maximum Gasteiger partial charge on any atom is 0.258 e. The lowest BCUT2D eigenvalue weighted by atomic mass is 9.98. The quantitative estimate of drug-likeness (QED) is 0.862. The Morgan fingerprint density at radius 1 is 1.23 bits per heavy atom. The molecule has 0 saturated heterocycles. The van der Waals surface area contributed by atoms with Crippen molar-refractivity contribution in [1.82, 2.24) is 5.32 Å². The number of rotatable bonds is 6. The van der Waals surface area contributed by atoms with Gasteiger partial charge in [0.2, 0.25) is 0 Å². The van der Waals surface area contributed by atoms with Crippen LogP contribution < -0.4 is 19.5 Å². The number of hydrogen-bond donors (Lipinski definition) is 1. The minimum Gasteiger partial charge on any atom is -0.486 e. The minimum atomic E-state index is -0.207. The topological polar surface area (TPSA) is 56.8 Å². The maximum atomic E-state index is 12.0. The Balaban J connectivity index is 1.44. The van der Waals surface area contributed by atoms with Crippen LogP contribution >= 0.6 is 0 Å². The van der Waals surface area contributed by atoms with Crippen LogP contribution in [0.25, 0.3) is 0 Å². The number of nitrogens with one attached hydrogen (secondary N) is 1. The van der Waals surface area contributed by atoms with E-state index in [-0.39, 0.29) is 18.6 Å². The fourth-order valence-corrected chi connectivity index (χ4v) is 2.98. The summed E-state index contributed by atoms with van der Waals surface area (Å²) in [6.07, 6.45) is -0.207. The van der Waals surface area contributed by atoms with Crippen molar-refractivity contribution in [3.63, 3.8) is 0 Å². The molecule has 1 N–H and O–H groups in total. The lowest BCUT2D eigenvalue weighted by molar-refractivity contribution is -0.123. The van der Waals surface area contributed by atoms with Gasteiger partial charge in [-0.05, 0) is 48.2 Å². The summed E-state index contributed by atoms with van der Waals surface area (Å²) in [4.78, 5) is 12.0. The van der Waals surface area contributed by atoms with Crippen LogP contribution in [0.4, 0.5) is 0 Å². The van der Waals surface area contributed by atoms with Gasteiger partial charge in [0.05, 0.1) is 6.54 Å². The number of aryl methyl sites for hydroxylation is 1. The van der Waals surface area contributed by atoms with E-state index < -0.39 is 0 Å². The second kappa shape index (κ2) is 8.13. The molecule has 1 aliphatic heterocycles. The van der Waals surface area contributed by atoms with E-state index in [1.54, 1.807) is 0 Å². The van der Waals surface area contributed by atoms with Crippen molar-refractivity contribution >= 4 is 5.91 Å². The number of carbonyl (C=O) groups is 1. The smallest absolute Gasteiger partial charge is 0.258 e. The predicted octanol–water partition coefficient (Wildman–Crippen LogP) is 3.45. The van der Waals surface area contributed by atoms with Gasteiger partial charge < -0.3 is 19.5 Å². The van der Waals surface area contributed by atoms with Gasteiger partial charge in [-0.25, -0.2) is 0 Å². The largest absolute Gasteiger partial charge is 0.486 e. The Hall–Kier alpha value is -2.69. The first-order valence-corrected chi connectivity index (χ1v) is 8.91. The van der Waals surface area contributed by atoms with E-state index in [0.29, 0.717) is 30.6 Å². The Labute approximate surface area is 154 Å². The minimum absolute atomic E-state index is 0.0232. The average Bonchev–Trinajstić information content (AvgIpc) is 2.64. The number of benzene rings is 2.